The highest BCUT2D eigenvalue weighted by Gasteiger charge is 2.38. The summed E-state index contributed by atoms with van der Waals surface area (Å²) in [5.41, 5.74) is 3.68. The summed E-state index contributed by atoms with van der Waals surface area (Å²) in [4.78, 5) is 26.2. The molecule has 3 aromatic rings. The van der Waals surface area contributed by atoms with Crippen LogP contribution in [0.3, 0.4) is 0 Å². The van der Waals surface area contributed by atoms with Crippen molar-refractivity contribution < 1.29 is 4.79 Å². The molecule has 0 unspecified atom stereocenters. The molecule has 0 bridgehead atoms. The summed E-state index contributed by atoms with van der Waals surface area (Å²) in [6.45, 7) is 0. The van der Waals surface area contributed by atoms with Gasteiger partial charge in [0, 0.05) is 28.6 Å². The molecule has 2 heterocycles. The fourth-order valence-corrected chi connectivity index (χ4v) is 4.31. The van der Waals surface area contributed by atoms with Crippen molar-refractivity contribution in [2.24, 2.45) is 0 Å². The highest BCUT2D eigenvalue weighted by atomic mass is 35.5. The highest BCUT2D eigenvalue weighted by molar-refractivity contribution is 6.30. The first-order valence-electron chi connectivity index (χ1n) is 9.32. The Hall–Kier alpha value is -3.05. The Kier molecular flexibility index (Phi) is 3.98. The third-order valence-corrected chi connectivity index (χ3v) is 5.71. The van der Waals surface area contributed by atoms with Crippen LogP contribution in [0.1, 0.15) is 36.3 Å². The van der Waals surface area contributed by atoms with E-state index in [-0.39, 0.29) is 11.3 Å². The summed E-state index contributed by atoms with van der Waals surface area (Å²) in [5, 5.41) is 7.15. The van der Waals surface area contributed by atoms with E-state index in [9.17, 15) is 9.59 Å². The van der Waals surface area contributed by atoms with Gasteiger partial charge in [-0.2, -0.15) is 0 Å². The molecule has 5 nitrogen and oxygen atoms in total. The zero-order chi connectivity index (χ0) is 19.3. The minimum Gasteiger partial charge on any atom is -0.343 e. The molecule has 0 amide bonds. The minimum atomic E-state index is -0.398. The average molecular weight is 392 g/mol. The van der Waals surface area contributed by atoms with Crippen LogP contribution < -0.4 is 10.9 Å². The molecule has 0 fully saturated rings. The summed E-state index contributed by atoms with van der Waals surface area (Å²) in [6, 6.07) is 16.8. The number of fused-ring (bicyclic) bond motifs is 1. The van der Waals surface area contributed by atoms with Crippen LogP contribution in [0.25, 0.3) is 5.69 Å². The summed E-state index contributed by atoms with van der Waals surface area (Å²) in [7, 11) is 0. The first-order valence-corrected chi connectivity index (χ1v) is 9.70. The van der Waals surface area contributed by atoms with Crippen LogP contribution in [-0.4, -0.2) is 15.6 Å². The number of benzene rings is 2. The lowest BCUT2D eigenvalue weighted by molar-refractivity contribution is -0.116. The smallest absolute Gasteiger partial charge is 0.277 e. The SMILES string of the molecule is O=C1CCCC2=C1[C@@H](c1ccc(Cl)cc1)c1c([nH]n(-c3ccccc3)c1=O)N2. The molecular formula is C22H18ClN3O2. The third kappa shape index (κ3) is 2.62. The molecule has 1 aromatic heterocycles. The molecule has 5 rings (SSSR count). The van der Waals surface area contributed by atoms with Crippen LogP contribution >= 0.6 is 11.6 Å². The Bertz CT molecular complexity index is 1160. The van der Waals surface area contributed by atoms with Crippen LogP contribution in [0.2, 0.25) is 5.02 Å². The highest BCUT2D eigenvalue weighted by Crippen LogP contribution is 2.43. The molecule has 2 aromatic carbocycles. The number of halogens is 1. The van der Waals surface area contributed by atoms with Gasteiger partial charge in [-0.3, -0.25) is 14.7 Å². The van der Waals surface area contributed by atoms with E-state index in [1.54, 1.807) is 12.1 Å². The summed E-state index contributed by atoms with van der Waals surface area (Å²) in [6.07, 6.45) is 2.12. The Morgan fingerprint density at radius 1 is 0.964 bits per heavy atom. The van der Waals surface area contributed by atoms with Crippen molar-refractivity contribution in [2.45, 2.75) is 25.2 Å². The second kappa shape index (κ2) is 6.53. The molecule has 0 spiro atoms. The van der Waals surface area contributed by atoms with Gasteiger partial charge in [0.2, 0.25) is 0 Å². The first kappa shape index (κ1) is 17.1. The van der Waals surface area contributed by atoms with Crippen molar-refractivity contribution in [3.63, 3.8) is 0 Å². The second-order valence-corrected chi connectivity index (χ2v) is 7.59. The number of nitrogens with one attached hydrogen (secondary N) is 2. The van der Waals surface area contributed by atoms with Crippen LogP contribution in [0.15, 0.2) is 70.7 Å². The first-order chi connectivity index (χ1) is 13.6. The third-order valence-electron chi connectivity index (χ3n) is 5.45. The van der Waals surface area contributed by atoms with E-state index < -0.39 is 5.92 Å². The van der Waals surface area contributed by atoms with Gasteiger partial charge in [-0.15, -0.1) is 0 Å². The number of Topliss-reactive ketones (excluding diaryl/α,β-unsaturated/α-hetero) is 1. The number of para-hydroxylation sites is 1. The average Bonchev–Trinajstić information content (AvgIpc) is 3.04. The maximum atomic E-state index is 13.4. The Labute approximate surface area is 166 Å². The molecule has 6 heteroatoms. The number of H-pyrrole nitrogens is 1. The van der Waals surface area contributed by atoms with Gasteiger partial charge in [-0.05, 0) is 42.7 Å². The molecule has 2 aliphatic rings. The van der Waals surface area contributed by atoms with Gasteiger partial charge < -0.3 is 5.32 Å². The second-order valence-electron chi connectivity index (χ2n) is 7.16. The van der Waals surface area contributed by atoms with Crippen molar-refractivity contribution in [3.8, 4) is 5.69 Å². The van der Waals surface area contributed by atoms with Crippen molar-refractivity contribution in [1.29, 1.82) is 0 Å². The van der Waals surface area contributed by atoms with Crippen LogP contribution in [0.4, 0.5) is 5.82 Å². The van der Waals surface area contributed by atoms with E-state index in [1.807, 2.05) is 42.5 Å². The maximum absolute atomic E-state index is 13.4. The van der Waals surface area contributed by atoms with Crippen molar-refractivity contribution in [2.75, 3.05) is 5.32 Å². The van der Waals surface area contributed by atoms with Gasteiger partial charge in [0.05, 0.1) is 11.3 Å². The van der Waals surface area contributed by atoms with E-state index in [4.69, 9.17) is 11.6 Å². The predicted octanol–water partition coefficient (Wildman–Crippen LogP) is 4.38. The van der Waals surface area contributed by atoms with Gasteiger partial charge in [0.1, 0.15) is 5.82 Å². The normalized spacial score (nSPS) is 18.5. The number of aromatic amines is 1. The number of anilines is 1. The number of allylic oxidation sites excluding steroid dienone is 2. The number of hydrogen-bond donors (Lipinski definition) is 2. The maximum Gasteiger partial charge on any atom is 0.277 e. The molecule has 140 valence electrons. The van der Waals surface area contributed by atoms with Crippen molar-refractivity contribution in [3.05, 3.63) is 92.4 Å². The number of carbonyl (C=O) groups is 1. The summed E-state index contributed by atoms with van der Waals surface area (Å²) < 4.78 is 1.53. The van der Waals surface area contributed by atoms with Gasteiger partial charge in [-0.1, -0.05) is 41.9 Å². The van der Waals surface area contributed by atoms with E-state index in [0.717, 1.165) is 29.8 Å². The number of rotatable bonds is 2. The van der Waals surface area contributed by atoms with E-state index >= 15 is 0 Å². The zero-order valence-corrected chi connectivity index (χ0v) is 15.8. The molecular weight excluding hydrogens is 374 g/mol. The van der Waals surface area contributed by atoms with Gasteiger partial charge in [-0.25, -0.2) is 4.68 Å². The quantitative estimate of drug-likeness (QED) is 0.681. The van der Waals surface area contributed by atoms with Crippen LogP contribution in [0.5, 0.6) is 0 Å². The van der Waals surface area contributed by atoms with E-state index in [2.05, 4.69) is 10.4 Å². The van der Waals surface area contributed by atoms with E-state index in [1.165, 1.54) is 4.68 Å². The number of nitrogens with zero attached hydrogens (tertiary/aromatic N) is 1. The number of aromatic nitrogens is 2. The Morgan fingerprint density at radius 3 is 2.46 bits per heavy atom. The van der Waals surface area contributed by atoms with Crippen molar-refractivity contribution >= 4 is 23.2 Å². The topological polar surface area (TPSA) is 66.9 Å². The van der Waals surface area contributed by atoms with Crippen LogP contribution in [0, 0.1) is 0 Å². The standard InChI is InChI=1S/C22H18ClN3O2/c23-14-11-9-13(10-12-14)18-19-16(7-4-8-17(19)27)24-21-20(18)22(28)26(25-21)15-5-2-1-3-6-15/h1-3,5-6,9-12,18,24-25H,4,7-8H2/t18-/m1/s1. The predicted molar refractivity (Wildman–Crippen MR) is 109 cm³/mol. The molecule has 1 atom stereocenters. The van der Waals surface area contributed by atoms with Gasteiger partial charge in [0.15, 0.2) is 5.78 Å². The molecule has 2 N–H and O–H groups in total. The molecule has 0 saturated carbocycles. The Morgan fingerprint density at radius 2 is 1.71 bits per heavy atom. The molecule has 0 saturated heterocycles. The molecule has 1 aliphatic heterocycles. The van der Waals surface area contributed by atoms with Crippen molar-refractivity contribution in [1.82, 2.24) is 9.78 Å². The summed E-state index contributed by atoms with van der Waals surface area (Å²) >= 11 is 6.07. The zero-order valence-electron chi connectivity index (χ0n) is 15.0. The van der Waals surface area contributed by atoms with Gasteiger partial charge in [0.25, 0.3) is 5.56 Å². The lowest BCUT2D eigenvalue weighted by Gasteiger charge is -2.31. The number of carbonyl (C=O) groups excluding carboxylic acids is 1. The fourth-order valence-electron chi connectivity index (χ4n) is 4.18. The monoisotopic (exact) mass is 391 g/mol. The van der Waals surface area contributed by atoms with E-state index in [0.29, 0.717) is 28.4 Å². The van der Waals surface area contributed by atoms with Gasteiger partial charge >= 0.3 is 0 Å². The van der Waals surface area contributed by atoms with Crippen LogP contribution in [-0.2, 0) is 4.79 Å². The molecule has 0 radical (unpaired) electrons. The number of ketones is 1. The minimum absolute atomic E-state index is 0.103. The Balaban J connectivity index is 1.75. The summed E-state index contributed by atoms with van der Waals surface area (Å²) in [5.74, 6) is 0.360. The number of hydrogen-bond acceptors (Lipinski definition) is 3. The lowest BCUT2D eigenvalue weighted by atomic mass is 9.77. The largest absolute Gasteiger partial charge is 0.343 e. The fraction of sp³-hybridized carbons (Fsp3) is 0.182. The molecule has 1 aliphatic carbocycles. The lowest BCUT2D eigenvalue weighted by Crippen LogP contribution is -2.29. The molecule has 28 heavy (non-hydrogen) atoms.